The van der Waals surface area contributed by atoms with Crippen LogP contribution >= 0.6 is 11.6 Å². The monoisotopic (exact) mass is 380 g/mol. The van der Waals surface area contributed by atoms with Crippen LogP contribution in [0.25, 0.3) is 0 Å². The first kappa shape index (κ1) is 20.0. The van der Waals surface area contributed by atoms with Gasteiger partial charge in [0, 0.05) is 12.1 Å². The minimum Gasteiger partial charge on any atom is -0.493 e. The Balaban J connectivity index is 2.17. The fraction of sp³-hybridized carbons (Fsp3) is 0.316. The van der Waals surface area contributed by atoms with E-state index in [9.17, 15) is 9.18 Å². The fourth-order valence-electron chi connectivity index (χ4n) is 2.65. The van der Waals surface area contributed by atoms with Gasteiger partial charge in [0.2, 0.25) is 0 Å². The van der Waals surface area contributed by atoms with E-state index in [-0.39, 0.29) is 22.8 Å². The summed E-state index contributed by atoms with van der Waals surface area (Å²) in [4.78, 5) is 14.4. The third-order valence-electron chi connectivity index (χ3n) is 4.01. The summed E-state index contributed by atoms with van der Waals surface area (Å²) in [5.41, 5.74) is 1.13. The predicted molar refractivity (Wildman–Crippen MR) is 99.7 cm³/mol. The van der Waals surface area contributed by atoms with Gasteiger partial charge in [-0.15, -0.1) is 0 Å². The van der Waals surface area contributed by atoms with E-state index in [2.05, 4.69) is 5.32 Å². The molecule has 0 spiro atoms. The SMILES string of the molecule is COc1cc(C(=O)NCC(c2cccc(F)c2)N(C)C)cc(Cl)c1OC. The smallest absolute Gasteiger partial charge is 0.251 e. The first-order valence-electron chi connectivity index (χ1n) is 7.99. The van der Waals surface area contributed by atoms with Gasteiger partial charge in [-0.05, 0) is 43.9 Å². The summed E-state index contributed by atoms with van der Waals surface area (Å²) in [5.74, 6) is 0.125. The Bertz CT molecular complexity index is 783. The third-order valence-corrected chi connectivity index (χ3v) is 4.29. The number of hydrogen-bond donors (Lipinski definition) is 1. The van der Waals surface area contributed by atoms with E-state index in [0.717, 1.165) is 5.56 Å². The lowest BCUT2D eigenvalue weighted by Crippen LogP contribution is -2.34. The van der Waals surface area contributed by atoms with Gasteiger partial charge in [0.1, 0.15) is 5.82 Å². The van der Waals surface area contributed by atoms with Crippen LogP contribution in [0.1, 0.15) is 22.0 Å². The molecular formula is C19H22ClFN2O3. The lowest BCUT2D eigenvalue weighted by atomic mass is 10.1. The van der Waals surface area contributed by atoms with E-state index in [4.69, 9.17) is 21.1 Å². The molecule has 1 atom stereocenters. The molecule has 1 amide bonds. The second-order valence-electron chi connectivity index (χ2n) is 5.94. The van der Waals surface area contributed by atoms with Gasteiger partial charge >= 0.3 is 0 Å². The van der Waals surface area contributed by atoms with Crippen molar-refractivity contribution in [2.24, 2.45) is 0 Å². The molecule has 0 aliphatic rings. The van der Waals surface area contributed by atoms with Crippen molar-refractivity contribution in [2.75, 3.05) is 34.9 Å². The molecule has 1 unspecified atom stereocenters. The Morgan fingerprint density at radius 3 is 2.54 bits per heavy atom. The van der Waals surface area contributed by atoms with Crippen molar-refractivity contribution in [1.29, 1.82) is 0 Å². The maximum Gasteiger partial charge on any atom is 0.251 e. The Kier molecular flexibility index (Phi) is 6.83. The summed E-state index contributed by atoms with van der Waals surface area (Å²) in [5, 5.41) is 3.14. The van der Waals surface area contributed by atoms with Gasteiger partial charge in [0.05, 0.1) is 25.3 Å². The van der Waals surface area contributed by atoms with Gasteiger partial charge in [-0.2, -0.15) is 0 Å². The van der Waals surface area contributed by atoms with E-state index >= 15 is 0 Å². The Labute approximate surface area is 157 Å². The molecule has 0 radical (unpaired) electrons. The number of benzene rings is 2. The van der Waals surface area contributed by atoms with Crippen LogP contribution in [0.3, 0.4) is 0 Å². The first-order chi connectivity index (χ1) is 12.4. The van der Waals surface area contributed by atoms with Gasteiger partial charge in [-0.1, -0.05) is 23.7 Å². The zero-order chi connectivity index (χ0) is 19.3. The van der Waals surface area contributed by atoms with Crippen LogP contribution < -0.4 is 14.8 Å². The van der Waals surface area contributed by atoms with E-state index in [1.54, 1.807) is 12.1 Å². The normalized spacial score (nSPS) is 12.0. The second kappa shape index (κ2) is 8.87. The van der Waals surface area contributed by atoms with E-state index < -0.39 is 0 Å². The van der Waals surface area contributed by atoms with E-state index in [1.165, 1.54) is 32.4 Å². The number of methoxy groups -OCH3 is 2. The Morgan fingerprint density at radius 2 is 1.96 bits per heavy atom. The molecule has 0 saturated carbocycles. The second-order valence-corrected chi connectivity index (χ2v) is 6.35. The standard InChI is InChI=1S/C19H22ClFN2O3/c1-23(2)16(12-6-5-7-14(21)8-12)11-22-19(24)13-9-15(20)18(26-4)17(10-13)25-3/h5-10,16H,11H2,1-4H3,(H,22,24). The van der Waals surface area contributed by atoms with E-state index in [0.29, 0.717) is 23.6 Å². The van der Waals surface area contributed by atoms with Crippen LogP contribution in [0.2, 0.25) is 5.02 Å². The van der Waals surface area contributed by atoms with Crippen molar-refractivity contribution in [1.82, 2.24) is 10.2 Å². The summed E-state index contributed by atoms with van der Waals surface area (Å²) in [7, 11) is 6.69. The van der Waals surface area contributed by atoms with Crippen LogP contribution in [0.15, 0.2) is 36.4 Å². The molecule has 2 rings (SSSR count). The molecule has 0 saturated heterocycles. The number of nitrogens with one attached hydrogen (secondary N) is 1. The van der Waals surface area contributed by atoms with Crippen LogP contribution in [-0.4, -0.2) is 45.7 Å². The minimum absolute atomic E-state index is 0.176. The van der Waals surface area contributed by atoms with Crippen molar-refractivity contribution >= 4 is 17.5 Å². The Morgan fingerprint density at radius 1 is 1.23 bits per heavy atom. The maximum atomic E-state index is 13.5. The lowest BCUT2D eigenvalue weighted by Gasteiger charge is -2.25. The van der Waals surface area contributed by atoms with Gasteiger partial charge in [-0.3, -0.25) is 4.79 Å². The quantitative estimate of drug-likeness (QED) is 0.798. The average Bonchev–Trinajstić information content (AvgIpc) is 2.60. The van der Waals surface area contributed by atoms with Crippen molar-refractivity contribution in [3.8, 4) is 11.5 Å². The number of rotatable bonds is 7. The van der Waals surface area contributed by atoms with Gasteiger partial charge in [-0.25, -0.2) is 4.39 Å². The topological polar surface area (TPSA) is 50.8 Å². The van der Waals surface area contributed by atoms with Crippen molar-refractivity contribution in [3.63, 3.8) is 0 Å². The molecule has 140 valence electrons. The molecule has 5 nitrogen and oxygen atoms in total. The highest BCUT2D eigenvalue weighted by molar-refractivity contribution is 6.32. The van der Waals surface area contributed by atoms with Gasteiger partial charge in [0.25, 0.3) is 5.91 Å². The number of halogens is 2. The predicted octanol–water partition coefficient (Wildman–Crippen LogP) is 3.53. The number of amides is 1. The highest BCUT2D eigenvalue weighted by atomic mass is 35.5. The molecule has 0 fully saturated rings. The number of ether oxygens (including phenoxy) is 2. The average molecular weight is 381 g/mol. The third kappa shape index (κ3) is 4.65. The van der Waals surface area contributed by atoms with E-state index in [1.807, 2.05) is 25.1 Å². The number of carbonyl (C=O) groups excluding carboxylic acids is 1. The zero-order valence-corrected chi connectivity index (χ0v) is 15.9. The molecular weight excluding hydrogens is 359 g/mol. The number of likely N-dealkylation sites (N-methyl/N-ethyl adjacent to an activating group) is 1. The Hall–Kier alpha value is -2.31. The summed E-state index contributed by atoms with van der Waals surface area (Å²) in [6.07, 6.45) is 0. The molecule has 0 bridgehead atoms. The molecule has 0 aromatic heterocycles. The first-order valence-corrected chi connectivity index (χ1v) is 8.36. The van der Waals surface area contributed by atoms with Crippen molar-refractivity contribution < 1.29 is 18.7 Å². The number of carbonyl (C=O) groups is 1. The molecule has 7 heteroatoms. The molecule has 1 N–H and O–H groups in total. The van der Waals surface area contributed by atoms with Crippen LogP contribution in [0.5, 0.6) is 11.5 Å². The van der Waals surface area contributed by atoms with Crippen molar-refractivity contribution in [3.05, 3.63) is 58.4 Å². The highest BCUT2D eigenvalue weighted by Gasteiger charge is 2.19. The summed E-state index contributed by atoms with van der Waals surface area (Å²) in [6, 6.07) is 9.23. The molecule has 2 aromatic rings. The number of hydrogen-bond acceptors (Lipinski definition) is 4. The molecule has 2 aromatic carbocycles. The maximum absolute atomic E-state index is 13.5. The van der Waals surface area contributed by atoms with Crippen LogP contribution in [0.4, 0.5) is 4.39 Å². The van der Waals surface area contributed by atoms with Crippen LogP contribution in [-0.2, 0) is 0 Å². The lowest BCUT2D eigenvalue weighted by molar-refractivity contribution is 0.0941. The molecule has 26 heavy (non-hydrogen) atoms. The van der Waals surface area contributed by atoms with Crippen molar-refractivity contribution in [2.45, 2.75) is 6.04 Å². The summed E-state index contributed by atoms with van der Waals surface area (Å²) < 4.78 is 23.9. The minimum atomic E-state index is -0.313. The molecule has 0 heterocycles. The number of nitrogens with zero attached hydrogens (tertiary/aromatic N) is 1. The highest BCUT2D eigenvalue weighted by Crippen LogP contribution is 2.36. The molecule has 0 aliphatic carbocycles. The van der Waals surface area contributed by atoms with Gasteiger partial charge < -0.3 is 19.7 Å². The van der Waals surface area contributed by atoms with Gasteiger partial charge in [0.15, 0.2) is 11.5 Å². The summed E-state index contributed by atoms with van der Waals surface area (Å²) >= 11 is 6.15. The summed E-state index contributed by atoms with van der Waals surface area (Å²) in [6.45, 7) is 0.307. The largest absolute Gasteiger partial charge is 0.493 e. The zero-order valence-electron chi connectivity index (χ0n) is 15.2. The van der Waals surface area contributed by atoms with Crippen LogP contribution in [0, 0.1) is 5.82 Å². The molecule has 0 aliphatic heterocycles. The fourth-order valence-corrected chi connectivity index (χ4v) is 2.94.